The van der Waals surface area contributed by atoms with Crippen molar-refractivity contribution < 1.29 is 14.4 Å². The first-order valence-corrected chi connectivity index (χ1v) is 14.2. The number of halogens is 3. The third-order valence-electron chi connectivity index (χ3n) is 8.45. The van der Waals surface area contributed by atoms with Crippen LogP contribution in [0.1, 0.15) is 43.4 Å². The van der Waals surface area contributed by atoms with Crippen molar-refractivity contribution in [3.05, 3.63) is 140 Å². The van der Waals surface area contributed by atoms with E-state index in [1.807, 2.05) is 65.7 Å². The number of Topliss-reactive ketones (excluding diaryl/α,β-unsaturated/α-hetero) is 2. The fraction of sp³-hybridized carbons (Fsp3) is 0.121. The normalized spacial score (nSPS) is 23.6. The van der Waals surface area contributed by atoms with Crippen LogP contribution in [0.25, 0.3) is 6.08 Å². The van der Waals surface area contributed by atoms with Crippen LogP contribution in [0.15, 0.2) is 97.2 Å². The molecule has 202 valence electrons. The van der Waals surface area contributed by atoms with Gasteiger partial charge in [-0.3, -0.25) is 14.4 Å². The highest BCUT2D eigenvalue weighted by Gasteiger charge is 2.70. The molecule has 1 amide bonds. The third kappa shape index (κ3) is 3.73. The number of hydrogen-bond acceptors (Lipinski definition) is 4. The second-order valence-corrected chi connectivity index (χ2v) is 11.7. The number of nitrogens with zero attached hydrogens (tertiary/aromatic N) is 1. The quantitative estimate of drug-likeness (QED) is 0.245. The van der Waals surface area contributed by atoms with Crippen LogP contribution in [0.5, 0.6) is 0 Å². The van der Waals surface area contributed by atoms with Gasteiger partial charge in [0.2, 0.25) is 5.91 Å². The van der Waals surface area contributed by atoms with E-state index >= 15 is 0 Å². The molecule has 0 saturated carbocycles. The van der Waals surface area contributed by atoms with Crippen LogP contribution >= 0.6 is 34.8 Å². The maximum absolute atomic E-state index is 14.8. The molecule has 5 nitrogen and oxygen atoms in total. The average Bonchev–Trinajstić information content (AvgIpc) is 3.45. The van der Waals surface area contributed by atoms with Gasteiger partial charge < -0.3 is 10.2 Å². The van der Waals surface area contributed by atoms with Gasteiger partial charge in [0.1, 0.15) is 11.5 Å². The summed E-state index contributed by atoms with van der Waals surface area (Å²) in [5.74, 6) is -2.18. The monoisotopic (exact) mass is 598 g/mol. The smallest absolute Gasteiger partial charge is 0.238 e. The maximum Gasteiger partial charge on any atom is 0.238 e. The number of anilines is 1. The van der Waals surface area contributed by atoms with Crippen molar-refractivity contribution in [1.82, 2.24) is 4.90 Å². The van der Waals surface area contributed by atoms with Gasteiger partial charge in [0.05, 0.1) is 17.0 Å². The number of rotatable bonds is 4. The Kier molecular flexibility index (Phi) is 6.09. The third-order valence-corrected chi connectivity index (χ3v) is 9.25. The van der Waals surface area contributed by atoms with Gasteiger partial charge in [-0.25, -0.2) is 0 Å². The molecule has 0 radical (unpaired) electrons. The molecule has 1 saturated heterocycles. The first kappa shape index (κ1) is 26.0. The predicted octanol–water partition coefficient (Wildman–Crippen LogP) is 7.63. The Hall–Kier alpha value is -3.90. The van der Waals surface area contributed by atoms with Crippen LogP contribution in [-0.2, 0) is 10.2 Å². The van der Waals surface area contributed by atoms with Crippen molar-refractivity contribution in [1.29, 1.82) is 0 Å². The maximum atomic E-state index is 14.8. The van der Waals surface area contributed by atoms with E-state index in [1.54, 1.807) is 36.4 Å². The van der Waals surface area contributed by atoms with Crippen molar-refractivity contribution in [2.75, 3.05) is 5.32 Å². The van der Waals surface area contributed by atoms with Crippen LogP contribution in [0.2, 0.25) is 15.1 Å². The topological polar surface area (TPSA) is 66.5 Å². The fourth-order valence-corrected chi connectivity index (χ4v) is 7.44. The fourth-order valence-electron chi connectivity index (χ4n) is 6.81. The molecule has 1 fully saturated rings. The van der Waals surface area contributed by atoms with Crippen molar-refractivity contribution in [2.45, 2.75) is 17.5 Å². The Labute approximate surface area is 251 Å². The minimum atomic E-state index is -1.44. The molecule has 8 heteroatoms. The molecule has 3 aliphatic rings. The summed E-state index contributed by atoms with van der Waals surface area (Å²) in [5, 5.41) is 4.05. The standard InChI is InChI=1S/C33H21Cl3N2O3/c34-20-11-9-19(10-12-20)29(39)28-27(30(40)23-14-13-21(35)17-25(23)36)33(24-7-3-4-8-26(24)37-32(33)41)31-22-6-2-1-5-18(22)15-16-38(28)31/h1-17,27-28,31H,(H,37,41)/t27-,28+,31+,33+/m1/s1. The van der Waals surface area contributed by atoms with E-state index in [0.29, 0.717) is 26.9 Å². The Morgan fingerprint density at radius 3 is 2.29 bits per heavy atom. The molecular formula is C33H21Cl3N2O3. The van der Waals surface area contributed by atoms with E-state index in [-0.39, 0.29) is 22.3 Å². The lowest BCUT2D eigenvalue weighted by molar-refractivity contribution is -0.122. The summed E-state index contributed by atoms with van der Waals surface area (Å²) in [4.78, 5) is 45.7. The summed E-state index contributed by atoms with van der Waals surface area (Å²) in [7, 11) is 0. The van der Waals surface area contributed by atoms with Crippen molar-refractivity contribution in [3.8, 4) is 0 Å². The van der Waals surface area contributed by atoms with Gasteiger partial charge in [-0.1, -0.05) is 77.3 Å². The molecule has 4 aromatic carbocycles. The van der Waals surface area contributed by atoms with E-state index in [4.69, 9.17) is 34.8 Å². The number of benzene rings is 4. The second kappa shape index (κ2) is 9.59. The van der Waals surface area contributed by atoms with E-state index in [1.165, 1.54) is 6.07 Å². The van der Waals surface area contributed by atoms with Crippen molar-refractivity contribution in [2.24, 2.45) is 5.92 Å². The number of para-hydroxylation sites is 1. The first-order chi connectivity index (χ1) is 19.8. The second-order valence-electron chi connectivity index (χ2n) is 10.4. The highest BCUT2D eigenvalue weighted by molar-refractivity contribution is 6.37. The van der Waals surface area contributed by atoms with Gasteiger partial charge in [-0.2, -0.15) is 0 Å². The highest BCUT2D eigenvalue weighted by atomic mass is 35.5. The number of carbonyl (C=O) groups is 3. The van der Waals surface area contributed by atoms with Gasteiger partial charge in [-0.05, 0) is 71.3 Å². The lowest BCUT2D eigenvalue weighted by Gasteiger charge is -2.38. The first-order valence-electron chi connectivity index (χ1n) is 13.1. The highest BCUT2D eigenvalue weighted by Crippen LogP contribution is 2.62. The molecule has 0 bridgehead atoms. The minimum absolute atomic E-state index is 0.155. The average molecular weight is 600 g/mol. The number of ketones is 2. The molecule has 4 aromatic rings. The number of hydrogen-bond donors (Lipinski definition) is 1. The SMILES string of the molecule is O=C(c1ccc(Cl)cc1)[C@@H]1[C@H](C(=O)c2ccc(Cl)cc2Cl)[C@]2(C(=O)Nc3ccccc32)[C@@H]2c3ccccc3C=CN12. The minimum Gasteiger partial charge on any atom is -0.358 e. The summed E-state index contributed by atoms with van der Waals surface area (Å²) in [6.07, 6.45) is 3.75. The molecule has 3 heterocycles. The molecule has 0 aliphatic carbocycles. The van der Waals surface area contributed by atoms with E-state index in [2.05, 4.69) is 5.32 Å². The number of nitrogens with one attached hydrogen (secondary N) is 1. The zero-order chi connectivity index (χ0) is 28.5. The zero-order valence-electron chi connectivity index (χ0n) is 21.4. The molecule has 3 aliphatic heterocycles. The summed E-state index contributed by atoms with van der Waals surface area (Å²) in [5.41, 5.74) is 2.19. The lowest BCUT2D eigenvalue weighted by Crippen LogP contribution is -2.49. The number of carbonyl (C=O) groups excluding carboxylic acids is 3. The molecule has 1 N–H and O–H groups in total. The van der Waals surface area contributed by atoms with E-state index in [9.17, 15) is 14.4 Å². The summed E-state index contributed by atoms with van der Waals surface area (Å²) in [6, 6.07) is 24.7. The molecule has 4 atom stereocenters. The Balaban J connectivity index is 1.54. The Morgan fingerprint density at radius 1 is 0.805 bits per heavy atom. The van der Waals surface area contributed by atoms with Crippen LogP contribution < -0.4 is 5.32 Å². The van der Waals surface area contributed by atoms with Gasteiger partial charge in [0, 0.05) is 33.1 Å². The number of amides is 1. The molecule has 41 heavy (non-hydrogen) atoms. The van der Waals surface area contributed by atoms with Gasteiger partial charge in [0.15, 0.2) is 11.6 Å². The van der Waals surface area contributed by atoms with E-state index in [0.717, 1.165) is 11.1 Å². The van der Waals surface area contributed by atoms with Crippen LogP contribution in [0, 0.1) is 5.92 Å². The van der Waals surface area contributed by atoms with E-state index < -0.39 is 29.2 Å². The summed E-state index contributed by atoms with van der Waals surface area (Å²) in [6.45, 7) is 0. The molecule has 1 spiro atoms. The lowest BCUT2D eigenvalue weighted by atomic mass is 9.62. The van der Waals surface area contributed by atoms with Crippen LogP contribution in [-0.4, -0.2) is 28.4 Å². The van der Waals surface area contributed by atoms with Crippen LogP contribution in [0.4, 0.5) is 5.69 Å². The Morgan fingerprint density at radius 2 is 1.51 bits per heavy atom. The summed E-state index contributed by atoms with van der Waals surface area (Å²) >= 11 is 18.9. The van der Waals surface area contributed by atoms with Gasteiger partial charge in [-0.15, -0.1) is 0 Å². The molecule has 7 rings (SSSR count). The van der Waals surface area contributed by atoms with Gasteiger partial charge in [0.25, 0.3) is 0 Å². The van der Waals surface area contributed by atoms with Crippen molar-refractivity contribution in [3.63, 3.8) is 0 Å². The van der Waals surface area contributed by atoms with Gasteiger partial charge >= 0.3 is 0 Å². The zero-order valence-corrected chi connectivity index (χ0v) is 23.6. The molecule has 0 unspecified atom stereocenters. The Bertz CT molecular complexity index is 1800. The van der Waals surface area contributed by atoms with Crippen LogP contribution in [0.3, 0.4) is 0 Å². The molecular weight excluding hydrogens is 579 g/mol. The molecule has 0 aromatic heterocycles. The number of fused-ring (bicyclic) bond motifs is 6. The van der Waals surface area contributed by atoms with Crippen molar-refractivity contribution >= 4 is 64.0 Å². The largest absolute Gasteiger partial charge is 0.358 e. The predicted molar refractivity (Wildman–Crippen MR) is 161 cm³/mol. The summed E-state index contributed by atoms with van der Waals surface area (Å²) < 4.78 is 0.